The van der Waals surface area contributed by atoms with Gasteiger partial charge in [0.15, 0.2) is 11.5 Å². The van der Waals surface area contributed by atoms with Gasteiger partial charge in [0.05, 0.1) is 5.02 Å². The summed E-state index contributed by atoms with van der Waals surface area (Å²) in [5.41, 5.74) is -0.0547. The number of aliphatic hydroxyl groups excluding tert-OH is 1. The smallest absolute Gasteiger partial charge is 0.268 e. The van der Waals surface area contributed by atoms with Gasteiger partial charge in [-0.2, -0.15) is 0 Å². The highest BCUT2D eigenvalue weighted by molar-refractivity contribution is 6.31. The van der Waals surface area contributed by atoms with Crippen molar-refractivity contribution in [3.05, 3.63) is 22.7 Å². The highest BCUT2D eigenvalue weighted by Gasteiger charge is 2.25. The third-order valence-electron chi connectivity index (χ3n) is 2.22. The van der Waals surface area contributed by atoms with Gasteiger partial charge in [0.25, 0.3) is 6.43 Å². The molecule has 1 aromatic rings. The van der Waals surface area contributed by atoms with Crippen LogP contribution >= 0.6 is 11.6 Å². The number of ether oxygens (including phenoxy) is 2. The molecule has 1 aromatic carbocycles. The summed E-state index contributed by atoms with van der Waals surface area (Å²) < 4.78 is 35.1. The van der Waals surface area contributed by atoms with E-state index in [-0.39, 0.29) is 10.6 Å². The SMILES string of the molecule is OC(c1cc2c(cc1Cl)OCCO2)C(F)F. The third kappa shape index (κ3) is 2.05. The minimum Gasteiger partial charge on any atom is -0.486 e. The molecular formula is C10H9ClF2O3. The molecule has 1 heterocycles. The molecule has 1 aliphatic heterocycles. The first-order valence-electron chi connectivity index (χ1n) is 4.65. The molecule has 6 heteroatoms. The maximum atomic E-state index is 12.3. The van der Waals surface area contributed by atoms with Crippen LogP contribution in [0, 0.1) is 0 Å². The Morgan fingerprint density at radius 2 is 1.75 bits per heavy atom. The zero-order valence-electron chi connectivity index (χ0n) is 8.12. The van der Waals surface area contributed by atoms with Crippen molar-refractivity contribution in [3.63, 3.8) is 0 Å². The van der Waals surface area contributed by atoms with Crippen molar-refractivity contribution < 1.29 is 23.4 Å². The third-order valence-corrected chi connectivity index (χ3v) is 2.55. The number of halogens is 3. The second-order valence-electron chi connectivity index (χ2n) is 3.30. The van der Waals surface area contributed by atoms with Crippen LogP contribution in [0.5, 0.6) is 11.5 Å². The van der Waals surface area contributed by atoms with E-state index < -0.39 is 12.5 Å². The van der Waals surface area contributed by atoms with E-state index in [2.05, 4.69) is 0 Å². The summed E-state index contributed by atoms with van der Waals surface area (Å²) in [5.74, 6) is 0.729. The van der Waals surface area contributed by atoms with Gasteiger partial charge in [0.1, 0.15) is 19.3 Å². The molecule has 0 aromatic heterocycles. The van der Waals surface area contributed by atoms with Crippen LogP contribution in [0.25, 0.3) is 0 Å². The van der Waals surface area contributed by atoms with Crippen LogP contribution in [0.2, 0.25) is 5.02 Å². The predicted octanol–water partition coefficient (Wildman–Crippen LogP) is 2.41. The van der Waals surface area contributed by atoms with Crippen molar-refractivity contribution in [1.29, 1.82) is 0 Å². The highest BCUT2D eigenvalue weighted by Crippen LogP contribution is 2.38. The molecule has 0 saturated heterocycles. The van der Waals surface area contributed by atoms with Gasteiger partial charge in [-0.05, 0) is 6.07 Å². The Balaban J connectivity index is 2.39. The van der Waals surface area contributed by atoms with Gasteiger partial charge in [-0.15, -0.1) is 0 Å². The average molecular weight is 251 g/mol. The Bertz CT molecular complexity index is 398. The Hall–Kier alpha value is -1.07. The Kier molecular flexibility index (Phi) is 3.16. The summed E-state index contributed by atoms with van der Waals surface area (Å²) in [4.78, 5) is 0. The van der Waals surface area contributed by atoms with E-state index >= 15 is 0 Å². The molecule has 0 radical (unpaired) electrons. The Morgan fingerprint density at radius 1 is 1.19 bits per heavy atom. The molecule has 0 saturated carbocycles. The summed E-state index contributed by atoms with van der Waals surface area (Å²) in [6.45, 7) is 0.735. The highest BCUT2D eigenvalue weighted by atomic mass is 35.5. The predicted molar refractivity (Wildman–Crippen MR) is 53.4 cm³/mol. The summed E-state index contributed by atoms with van der Waals surface area (Å²) in [6.07, 6.45) is -4.80. The van der Waals surface area contributed by atoms with Gasteiger partial charge in [-0.3, -0.25) is 0 Å². The standard InChI is InChI=1S/C10H9ClF2O3/c11-6-4-8-7(15-1-2-16-8)3-5(6)9(14)10(12)13/h3-4,9-10,14H,1-2H2. The molecule has 0 amide bonds. The number of aliphatic hydroxyl groups is 1. The van der Waals surface area contributed by atoms with Crippen molar-refractivity contribution in [2.45, 2.75) is 12.5 Å². The lowest BCUT2D eigenvalue weighted by Gasteiger charge is -2.21. The van der Waals surface area contributed by atoms with E-state index in [4.69, 9.17) is 21.1 Å². The van der Waals surface area contributed by atoms with Crippen LogP contribution in [0.3, 0.4) is 0 Å². The molecule has 3 nitrogen and oxygen atoms in total. The van der Waals surface area contributed by atoms with Crippen LogP contribution in [0.4, 0.5) is 8.78 Å². The fourth-order valence-electron chi connectivity index (χ4n) is 1.44. The number of fused-ring (bicyclic) bond motifs is 1. The topological polar surface area (TPSA) is 38.7 Å². The lowest BCUT2D eigenvalue weighted by molar-refractivity contribution is -0.00595. The molecular weight excluding hydrogens is 242 g/mol. The maximum absolute atomic E-state index is 12.3. The molecule has 0 aliphatic carbocycles. The first kappa shape index (κ1) is 11.4. The molecule has 16 heavy (non-hydrogen) atoms. The van der Waals surface area contributed by atoms with Gasteiger partial charge in [0, 0.05) is 11.6 Å². The normalized spacial score (nSPS) is 16.3. The summed E-state index contributed by atoms with van der Waals surface area (Å²) in [6, 6.07) is 2.66. The number of hydrogen-bond acceptors (Lipinski definition) is 3. The summed E-state index contributed by atoms with van der Waals surface area (Å²) in [7, 11) is 0. The Labute approximate surface area is 95.5 Å². The molecule has 1 aliphatic rings. The first-order valence-corrected chi connectivity index (χ1v) is 5.02. The van der Waals surface area contributed by atoms with Crippen LogP contribution in [0.1, 0.15) is 11.7 Å². The van der Waals surface area contributed by atoms with Crippen LogP contribution in [0.15, 0.2) is 12.1 Å². The second kappa shape index (κ2) is 4.43. The van der Waals surface area contributed by atoms with E-state index in [0.29, 0.717) is 24.7 Å². The molecule has 0 spiro atoms. The maximum Gasteiger partial charge on any atom is 0.268 e. The summed E-state index contributed by atoms with van der Waals surface area (Å²) in [5, 5.41) is 9.29. The van der Waals surface area contributed by atoms with Gasteiger partial charge in [0.2, 0.25) is 0 Å². The second-order valence-corrected chi connectivity index (χ2v) is 3.70. The first-order chi connectivity index (χ1) is 7.59. The Morgan fingerprint density at radius 3 is 2.31 bits per heavy atom. The minimum absolute atomic E-state index is 0.0389. The zero-order chi connectivity index (χ0) is 11.7. The zero-order valence-corrected chi connectivity index (χ0v) is 8.88. The van der Waals surface area contributed by atoms with E-state index in [1.807, 2.05) is 0 Å². The van der Waals surface area contributed by atoms with E-state index in [0.717, 1.165) is 0 Å². The molecule has 1 N–H and O–H groups in total. The van der Waals surface area contributed by atoms with Gasteiger partial charge in [-0.1, -0.05) is 11.6 Å². The minimum atomic E-state index is -2.89. The molecule has 88 valence electrons. The lowest BCUT2D eigenvalue weighted by Crippen LogP contribution is -2.16. The van der Waals surface area contributed by atoms with E-state index in [1.165, 1.54) is 12.1 Å². The molecule has 2 rings (SSSR count). The monoisotopic (exact) mass is 250 g/mol. The van der Waals surface area contributed by atoms with Gasteiger partial charge < -0.3 is 14.6 Å². The molecule has 0 fully saturated rings. The van der Waals surface area contributed by atoms with Gasteiger partial charge in [-0.25, -0.2) is 8.78 Å². The van der Waals surface area contributed by atoms with Crippen molar-refractivity contribution in [3.8, 4) is 11.5 Å². The van der Waals surface area contributed by atoms with Crippen LogP contribution in [-0.2, 0) is 0 Å². The van der Waals surface area contributed by atoms with Crippen molar-refractivity contribution in [2.75, 3.05) is 13.2 Å². The number of alkyl halides is 2. The molecule has 0 bridgehead atoms. The average Bonchev–Trinajstić information content (AvgIpc) is 2.27. The molecule has 1 unspecified atom stereocenters. The number of hydrogen-bond donors (Lipinski definition) is 1. The fraction of sp³-hybridized carbons (Fsp3) is 0.400. The van der Waals surface area contributed by atoms with Crippen molar-refractivity contribution in [1.82, 2.24) is 0 Å². The van der Waals surface area contributed by atoms with E-state index in [1.54, 1.807) is 0 Å². The van der Waals surface area contributed by atoms with Gasteiger partial charge >= 0.3 is 0 Å². The molecule has 1 atom stereocenters. The summed E-state index contributed by atoms with van der Waals surface area (Å²) >= 11 is 5.77. The van der Waals surface area contributed by atoms with E-state index in [9.17, 15) is 13.9 Å². The van der Waals surface area contributed by atoms with Crippen molar-refractivity contribution in [2.24, 2.45) is 0 Å². The largest absolute Gasteiger partial charge is 0.486 e. The van der Waals surface area contributed by atoms with Crippen LogP contribution < -0.4 is 9.47 Å². The lowest BCUT2D eigenvalue weighted by atomic mass is 10.1. The van der Waals surface area contributed by atoms with Crippen LogP contribution in [-0.4, -0.2) is 24.7 Å². The number of benzene rings is 1. The fourth-order valence-corrected chi connectivity index (χ4v) is 1.71. The van der Waals surface area contributed by atoms with Crippen molar-refractivity contribution >= 4 is 11.6 Å². The number of rotatable bonds is 2. The quantitative estimate of drug-likeness (QED) is 0.876.